The van der Waals surface area contributed by atoms with Crippen molar-refractivity contribution in [1.82, 2.24) is 0 Å². The molecule has 0 heterocycles. The Morgan fingerprint density at radius 3 is 2.61 bits per heavy atom. The van der Waals surface area contributed by atoms with Crippen molar-refractivity contribution in [2.75, 3.05) is 38.3 Å². The summed E-state index contributed by atoms with van der Waals surface area (Å²) in [5.41, 5.74) is 1.62. The average molecular weight is 274 g/mol. The summed E-state index contributed by atoms with van der Waals surface area (Å²) in [6.07, 6.45) is -0.586. The predicted molar refractivity (Wildman–Crippen MR) is 73.3 cm³/mol. The van der Waals surface area contributed by atoms with Crippen molar-refractivity contribution >= 4 is 17.3 Å². The first kappa shape index (κ1) is 15.2. The van der Waals surface area contributed by atoms with E-state index >= 15 is 0 Å². The molecule has 0 saturated carbocycles. The third-order valence-corrected chi connectivity index (χ3v) is 3.06. The third-order valence-electron chi connectivity index (χ3n) is 2.73. The molecular weight excluding hydrogens is 254 g/mol. The minimum Gasteiger partial charge on any atom is -0.395 e. The summed E-state index contributed by atoms with van der Waals surface area (Å²) in [4.78, 5) is 1.99. The van der Waals surface area contributed by atoms with E-state index < -0.39 is 6.10 Å². The zero-order valence-corrected chi connectivity index (χ0v) is 11.5. The number of aliphatic hydroxyl groups excluding tert-OH is 2. The fourth-order valence-electron chi connectivity index (χ4n) is 1.74. The van der Waals surface area contributed by atoms with Crippen LogP contribution in [-0.2, 0) is 4.74 Å². The van der Waals surface area contributed by atoms with Crippen LogP contribution in [0.25, 0.3) is 0 Å². The molecule has 1 atom stereocenters. The second-order valence-corrected chi connectivity index (χ2v) is 4.49. The van der Waals surface area contributed by atoms with Crippen LogP contribution in [0.4, 0.5) is 5.69 Å². The lowest BCUT2D eigenvalue weighted by Crippen LogP contribution is -2.30. The van der Waals surface area contributed by atoms with E-state index in [0.717, 1.165) is 5.69 Å². The monoisotopic (exact) mass is 273 g/mol. The van der Waals surface area contributed by atoms with E-state index in [1.165, 1.54) is 0 Å². The summed E-state index contributed by atoms with van der Waals surface area (Å²) in [5, 5.41) is 19.1. The van der Waals surface area contributed by atoms with Crippen molar-refractivity contribution in [1.29, 1.82) is 0 Å². The zero-order chi connectivity index (χ0) is 13.5. The van der Waals surface area contributed by atoms with Crippen LogP contribution in [0.3, 0.4) is 0 Å². The van der Waals surface area contributed by atoms with Crippen LogP contribution in [-0.4, -0.2) is 43.6 Å². The smallest absolute Gasteiger partial charge is 0.0776 e. The number of aliphatic hydroxyl groups is 2. The van der Waals surface area contributed by atoms with Crippen molar-refractivity contribution in [2.45, 2.75) is 13.0 Å². The SMILES string of the molecule is COCCN(CCO)c1ccc(C(C)O)c(Cl)c1. The van der Waals surface area contributed by atoms with Gasteiger partial charge in [0.25, 0.3) is 0 Å². The lowest BCUT2D eigenvalue weighted by Gasteiger charge is -2.24. The Bertz CT molecular complexity index is 371. The van der Waals surface area contributed by atoms with Gasteiger partial charge in [0.15, 0.2) is 0 Å². The molecule has 0 saturated heterocycles. The fourth-order valence-corrected chi connectivity index (χ4v) is 2.08. The molecular formula is C13H20ClNO3. The molecule has 0 aliphatic rings. The van der Waals surface area contributed by atoms with Gasteiger partial charge >= 0.3 is 0 Å². The van der Waals surface area contributed by atoms with Gasteiger partial charge < -0.3 is 19.8 Å². The lowest BCUT2D eigenvalue weighted by molar-refractivity contribution is 0.199. The standard InChI is InChI=1S/C13H20ClNO3/c1-10(17)12-4-3-11(9-13(12)14)15(5-7-16)6-8-18-2/h3-4,9-10,16-17H,5-8H2,1-2H3. The van der Waals surface area contributed by atoms with E-state index in [1.54, 1.807) is 26.2 Å². The van der Waals surface area contributed by atoms with E-state index in [1.807, 2.05) is 11.0 Å². The lowest BCUT2D eigenvalue weighted by atomic mass is 10.1. The van der Waals surface area contributed by atoms with Crippen molar-refractivity contribution in [3.05, 3.63) is 28.8 Å². The van der Waals surface area contributed by atoms with Crippen molar-refractivity contribution in [3.63, 3.8) is 0 Å². The van der Waals surface area contributed by atoms with Crippen molar-refractivity contribution < 1.29 is 14.9 Å². The van der Waals surface area contributed by atoms with E-state index in [9.17, 15) is 5.11 Å². The topological polar surface area (TPSA) is 52.9 Å². The van der Waals surface area contributed by atoms with Gasteiger partial charge in [0.05, 0.1) is 19.3 Å². The van der Waals surface area contributed by atoms with Gasteiger partial charge in [-0.3, -0.25) is 0 Å². The highest BCUT2D eigenvalue weighted by molar-refractivity contribution is 6.31. The number of anilines is 1. The van der Waals surface area contributed by atoms with Crippen molar-refractivity contribution in [2.24, 2.45) is 0 Å². The highest BCUT2D eigenvalue weighted by Gasteiger charge is 2.11. The quantitative estimate of drug-likeness (QED) is 0.796. The number of benzene rings is 1. The van der Waals surface area contributed by atoms with Crippen LogP contribution in [0.2, 0.25) is 5.02 Å². The molecule has 0 aliphatic heterocycles. The number of hydrogen-bond donors (Lipinski definition) is 2. The van der Waals surface area contributed by atoms with E-state index in [2.05, 4.69) is 0 Å². The molecule has 0 aromatic heterocycles. The van der Waals surface area contributed by atoms with Gasteiger partial charge in [-0.05, 0) is 24.6 Å². The summed E-state index contributed by atoms with van der Waals surface area (Å²) in [7, 11) is 1.64. The van der Waals surface area contributed by atoms with Crippen LogP contribution >= 0.6 is 11.6 Å². The van der Waals surface area contributed by atoms with Gasteiger partial charge in [-0.15, -0.1) is 0 Å². The molecule has 0 spiro atoms. The molecule has 0 fully saturated rings. The number of rotatable bonds is 7. The van der Waals surface area contributed by atoms with Crippen LogP contribution in [0.1, 0.15) is 18.6 Å². The average Bonchev–Trinajstić information content (AvgIpc) is 2.33. The maximum Gasteiger partial charge on any atom is 0.0776 e. The summed E-state index contributed by atoms with van der Waals surface area (Å²) in [6.45, 7) is 3.53. The first-order valence-corrected chi connectivity index (χ1v) is 6.30. The molecule has 4 nitrogen and oxygen atoms in total. The number of ether oxygens (including phenoxy) is 1. The molecule has 0 aliphatic carbocycles. The Morgan fingerprint density at radius 1 is 1.39 bits per heavy atom. The normalized spacial score (nSPS) is 12.5. The largest absolute Gasteiger partial charge is 0.395 e. The van der Waals surface area contributed by atoms with E-state index in [0.29, 0.717) is 30.3 Å². The van der Waals surface area contributed by atoms with Gasteiger partial charge in [0, 0.05) is 30.9 Å². The minimum atomic E-state index is -0.586. The Labute approximate surface area is 113 Å². The molecule has 5 heteroatoms. The molecule has 0 bridgehead atoms. The predicted octanol–water partition coefficient (Wildman–Crippen LogP) is 1.84. The molecule has 1 unspecified atom stereocenters. The Morgan fingerprint density at radius 2 is 2.11 bits per heavy atom. The van der Waals surface area contributed by atoms with Gasteiger partial charge in [-0.2, -0.15) is 0 Å². The molecule has 1 aromatic rings. The van der Waals surface area contributed by atoms with Crippen LogP contribution in [0.15, 0.2) is 18.2 Å². The second-order valence-electron chi connectivity index (χ2n) is 4.09. The fraction of sp³-hybridized carbons (Fsp3) is 0.538. The van der Waals surface area contributed by atoms with Crippen LogP contribution < -0.4 is 4.90 Å². The zero-order valence-electron chi connectivity index (χ0n) is 10.8. The molecule has 1 rings (SSSR count). The highest BCUT2D eigenvalue weighted by atomic mass is 35.5. The Balaban J connectivity index is 2.88. The molecule has 102 valence electrons. The molecule has 1 aromatic carbocycles. The molecule has 18 heavy (non-hydrogen) atoms. The first-order valence-electron chi connectivity index (χ1n) is 5.92. The van der Waals surface area contributed by atoms with Gasteiger partial charge in [-0.25, -0.2) is 0 Å². The molecule has 0 radical (unpaired) electrons. The highest BCUT2D eigenvalue weighted by Crippen LogP contribution is 2.27. The van der Waals surface area contributed by atoms with E-state index in [-0.39, 0.29) is 6.61 Å². The van der Waals surface area contributed by atoms with Gasteiger partial charge in [0.1, 0.15) is 0 Å². The minimum absolute atomic E-state index is 0.0689. The van der Waals surface area contributed by atoms with Crippen LogP contribution in [0, 0.1) is 0 Å². The maximum absolute atomic E-state index is 9.52. The van der Waals surface area contributed by atoms with E-state index in [4.69, 9.17) is 21.4 Å². The van der Waals surface area contributed by atoms with Gasteiger partial charge in [0.2, 0.25) is 0 Å². The number of methoxy groups -OCH3 is 1. The Kier molecular flexibility index (Phi) is 6.43. The summed E-state index contributed by atoms with van der Waals surface area (Å²) < 4.78 is 5.04. The molecule has 2 N–H and O–H groups in total. The van der Waals surface area contributed by atoms with Crippen molar-refractivity contribution in [3.8, 4) is 0 Å². The maximum atomic E-state index is 9.52. The summed E-state index contributed by atoms with van der Waals surface area (Å²) in [5.74, 6) is 0. The number of hydrogen-bond acceptors (Lipinski definition) is 4. The third kappa shape index (κ3) is 4.14. The summed E-state index contributed by atoms with van der Waals surface area (Å²) in [6, 6.07) is 5.49. The number of halogens is 1. The Hall–Kier alpha value is -0.810. The van der Waals surface area contributed by atoms with Crippen LogP contribution in [0.5, 0.6) is 0 Å². The second kappa shape index (κ2) is 7.59. The number of nitrogens with zero attached hydrogens (tertiary/aromatic N) is 1. The molecule has 0 amide bonds. The van der Waals surface area contributed by atoms with Gasteiger partial charge in [-0.1, -0.05) is 17.7 Å². The summed E-state index contributed by atoms with van der Waals surface area (Å²) >= 11 is 6.12. The first-order chi connectivity index (χ1) is 8.60.